The Morgan fingerprint density at radius 3 is 2.95 bits per heavy atom. The van der Waals surface area contributed by atoms with Crippen LogP contribution in [0.15, 0.2) is 24.4 Å². The molecule has 0 radical (unpaired) electrons. The van der Waals surface area contributed by atoms with E-state index < -0.39 is 0 Å². The smallest absolute Gasteiger partial charge is 0.250 e. The molecule has 7 heteroatoms. The van der Waals surface area contributed by atoms with Gasteiger partial charge in [-0.05, 0) is 12.1 Å². The summed E-state index contributed by atoms with van der Waals surface area (Å²) in [6, 6.07) is 5.77. The Bertz CT molecular complexity index is 359. The largest absolute Gasteiger partial charge is 0.366 e. The molecule has 0 bridgehead atoms. The Kier molecular flexibility index (Phi) is 9.51. The van der Waals surface area contributed by atoms with Crippen molar-refractivity contribution in [3.05, 3.63) is 30.1 Å². The van der Waals surface area contributed by atoms with Crippen LogP contribution in [0.5, 0.6) is 0 Å². The number of halogens is 2. The molecule has 1 amide bonds. The van der Waals surface area contributed by atoms with Gasteiger partial charge in [-0.1, -0.05) is 6.07 Å². The molecule has 5 nitrogen and oxygen atoms in total. The number of hydrogen-bond acceptors (Lipinski definition) is 4. The van der Waals surface area contributed by atoms with Gasteiger partial charge in [-0.3, -0.25) is 9.78 Å². The summed E-state index contributed by atoms with van der Waals surface area (Å²) < 4.78 is 5.35. The first-order valence-corrected chi connectivity index (χ1v) is 5.86. The van der Waals surface area contributed by atoms with Gasteiger partial charge in [-0.2, -0.15) is 0 Å². The second kappa shape index (κ2) is 9.97. The van der Waals surface area contributed by atoms with Crippen molar-refractivity contribution in [3.8, 4) is 0 Å². The molecule has 2 rings (SSSR count). The fraction of sp³-hybridized carbons (Fsp3) is 0.500. The lowest BCUT2D eigenvalue weighted by Crippen LogP contribution is -2.48. The third-order valence-corrected chi connectivity index (χ3v) is 2.63. The molecule has 0 saturated carbocycles. The van der Waals surface area contributed by atoms with Crippen LogP contribution in [0.25, 0.3) is 0 Å². The lowest BCUT2D eigenvalue weighted by Gasteiger charge is -2.22. The highest BCUT2D eigenvalue weighted by molar-refractivity contribution is 5.85. The number of morpholine rings is 1. The van der Waals surface area contributed by atoms with Crippen LogP contribution in [0.4, 0.5) is 0 Å². The van der Waals surface area contributed by atoms with Crippen LogP contribution in [0.2, 0.25) is 0 Å². The minimum atomic E-state index is -0.354. The number of carbonyl (C=O) groups is 1. The Labute approximate surface area is 125 Å². The zero-order valence-corrected chi connectivity index (χ0v) is 12.1. The lowest BCUT2D eigenvalue weighted by atomic mass is 10.2. The minimum absolute atomic E-state index is 0. The summed E-state index contributed by atoms with van der Waals surface area (Å²) in [6.07, 6.45) is 2.14. The van der Waals surface area contributed by atoms with Gasteiger partial charge in [0.2, 0.25) is 5.91 Å². The molecule has 108 valence electrons. The number of rotatable bonds is 4. The molecule has 1 atom stereocenters. The van der Waals surface area contributed by atoms with Gasteiger partial charge in [-0.15, -0.1) is 24.8 Å². The van der Waals surface area contributed by atoms with Crippen LogP contribution in [-0.2, 0) is 16.0 Å². The van der Waals surface area contributed by atoms with Crippen LogP contribution >= 0.6 is 24.8 Å². The molecule has 1 aliphatic heterocycles. The molecule has 2 N–H and O–H groups in total. The van der Waals surface area contributed by atoms with Gasteiger partial charge >= 0.3 is 0 Å². The van der Waals surface area contributed by atoms with Gasteiger partial charge in [0.15, 0.2) is 0 Å². The van der Waals surface area contributed by atoms with E-state index >= 15 is 0 Å². The second-order valence-electron chi connectivity index (χ2n) is 3.93. The number of aromatic nitrogens is 1. The fourth-order valence-corrected chi connectivity index (χ4v) is 1.71. The van der Waals surface area contributed by atoms with E-state index in [0.29, 0.717) is 19.7 Å². The summed E-state index contributed by atoms with van der Waals surface area (Å²) in [5.74, 6) is -0.0480. The number of ether oxygens (including phenoxy) is 1. The first-order valence-electron chi connectivity index (χ1n) is 5.86. The van der Waals surface area contributed by atoms with E-state index in [-0.39, 0.29) is 36.8 Å². The van der Waals surface area contributed by atoms with Crippen molar-refractivity contribution in [1.29, 1.82) is 0 Å². The van der Waals surface area contributed by atoms with E-state index in [1.165, 1.54) is 0 Å². The zero-order chi connectivity index (χ0) is 11.9. The van der Waals surface area contributed by atoms with Gasteiger partial charge in [0.25, 0.3) is 0 Å². The van der Waals surface area contributed by atoms with Gasteiger partial charge < -0.3 is 15.4 Å². The van der Waals surface area contributed by atoms with E-state index in [9.17, 15) is 4.79 Å². The van der Waals surface area contributed by atoms with Crippen molar-refractivity contribution >= 4 is 30.7 Å². The predicted molar refractivity (Wildman–Crippen MR) is 78.1 cm³/mol. The maximum Gasteiger partial charge on any atom is 0.250 e. The molecule has 1 aromatic heterocycles. The summed E-state index contributed by atoms with van der Waals surface area (Å²) in [4.78, 5) is 15.9. The van der Waals surface area contributed by atoms with E-state index in [1.54, 1.807) is 6.20 Å². The Hall–Kier alpha value is -0.880. The molecular weight excluding hydrogens is 289 g/mol. The quantitative estimate of drug-likeness (QED) is 0.854. The molecule has 1 fully saturated rings. The summed E-state index contributed by atoms with van der Waals surface area (Å²) in [7, 11) is 0. The Morgan fingerprint density at radius 2 is 2.32 bits per heavy atom. The maximum atomic E-state index is 11.7. The maximum absolute atomic E-state index is 11.7. The number of pyridine rings is 1. The molecule has 1 aliphatic rings. The fourth-order valence-electron chi connectivity index (χ4n) is 1.71. The molecule has 0 aliphatic carbocycles. The van der Waals surface area contributed by atoms with Crippen LogP contribution in [0, 0.1) is 0 Å². The minimum Gasteiger partial charge on any atom is -0.366 e. The van der Waals surface area contributed by atoms with Crippen molar-refractivity contribution in [2.75, 3.05) is 26.2 Å². The van der Waals surface area contributed by atoms with Crippen molar-refractivity contribution < 1.29 is 9.53 Å². The highest BCUT2D eigenvalue weighted by Gasteiger charge is 2.20. The van der Waals surface area contributed by atoms with E-state index in [4.69, 9.17) is 4.74 Å². The zero-order valence-electron chi connectivity index (χ0n) is 10.5. The highest BCUT2D eigenvalue weighted by atomic mass is 35.5. The van der Waals surface area contributed by atoms with Gasteiger partial charge in [-0.25, -0.2) is 0 Å². The lowest BCUT2D eigenvalue weighted by molar-refractivity contribution is -0.134. The van der Waals surface area contributed by atoms with E-state index in [1.807, 2.05) is 18.2 Å². The first kappa shape index (κ1) is 18.1. The molecular formula is C12H19Cl2N3O2. The van der Waals surface area contributed by atoms with E-state index in [0.717, 1.165) is 18.7 Å². The van der Waals surface area contributed by atoms with Crippen LogP contribution in [0.1, 0.15) is 5.69 Å². The number of carbonyl (C=O) groups excluding carboxylic acids is 1. The van der Waals surface area contributed by atoms with Gasteiger partial charge in [0, 0.05) is 37.9 Å². The normalized spacial score (nSPS) is 17.8. The van der Waals surface area contributed by atoms with Crippen molar-refractivity contribution in [2.45, 2.75) is 12.5 Å². The molecule has 1 aromatic rings. The molecule has 1 saturated heterocycles. The van der Waals surface area contributed by atoms with Crippen LogP contribution in [-0.4, -0.2) is 43.2 Å². The van der Waals surface area contributed by atoms with Crippen molar-refractivity contribution in [3.63, 3.8) is 0 Å². The number of nitrogens with one attached hydrogen (secondary N) is 2. The molecule has 19 heavy (non-hydrogen) atoms. The molecule has 2 heterocycles. The number of hydrogen-bond donors (Lipinski definition) is 2. The topological polar surface area (TPSA) is 63.2 Å². The summed E-state index contributed by atoms with van der Waals surface area (Å²) in [6.45, 7) is 2.60. The molecule has 0 spiro atoms. The summed E-state index contributed by atoms with van der Waals surface area (Å²) >= 11 is 0. The highest BCUT2D eigenvalue weighted by Crippen LogP contribution is 1.97. The second-order valence-corrected chi connectivity index (χ2v) is 3.93. The van der Waals surface area contributed by atoms with Crippen LogP contribution < -0.4 is 10.6 Å². The van der Waals surface area contributed by atoms with Gasteiger partial charge in [0.05, 0.1) is 6.61 Å². The first-order chi connectivity index (χ1) is 8.36. The number of nitrogens with zero attached hydrogens (tertiary/aromatic N) is 1. The average Bonchev–Trinajstić information content (AvgIpc) is 2.41. The van der Waals surface area contributed by atoms with Crippen molar-refractivity contribution in [1.82, 2.24) is 15.6 Å². The van der Waals surface area contributed by atoms with Gasteiger partial charge in [0.1, 0.15) is 6.10 Å². The SMILES string of the molecule is Cl.Cl.O=C(NCCc1ccccn1)C1CNCCO1. The standard InChI is InChI=1S/C12H17N3O2.2ClH/c16-12(11-9-13-7-8-17-11)15-6-4-10-3-1-2-5-14-10;;/h1-3,5,11,13H,4,6-9H2,(H,15,16);2*1H. The van der Waals surface area contributed by atoms with Crippen molar-refractivity contribution in [2.24, 2.45) is 0 Å². The Balaban J connectivity index is 0.00000162. The Morgan fingerprint density at radius 1 is 1.47 bits per heavy atom. The monoisotopic (exact) mass is 307 g/mol. The summed E-state index contributed by atoms with van der Waals surface area (Å²) in [5.41, 5.74) is 0.982. The van der Waals surface area contributed by atoms with Crippen LogP contribution in [0.3, 0.4) is 0 Å². The average molecular weight is 308 g/mol. The number of amides is 1. The van der Waals surface area contributed by atoms with E-state index in [2.05, 4.69) is 15.6 Å². The summed E-state index contributed by atoms with van der Waals surface area (Å²) in [5, 5.41) is 5.98. The third kappa shape index (κ3) is 6.20. The molecule has 1 unspecified atom stereocenters. The molecule has 0 aromatic carbocycles. The third-order valence-electron chi connectivity index (χ3n) is 2.63. The predicted octanol–water partition coefficient (Wildman–Crippen LogP) is 0.572.